The molecule has 0 radical (unpaired) electrons. The van der Waals surface area contributed by atoms with Crippen LogP contribution in [-0.4, -0.2) is 28.9 Å². The van der Waals surface area contributed by atoms with E-state index in [-0.39, 0.29) is 5.78 Å². The summed E-state index contributed by atoms with van der Waals surface area (Å²) in [6.07, 6.45) is 6.08. The third-order valence-electron chi connectivity index (χ3n) is 5.22. The van der Waals surface area contributed by atoms with Crippen LogP contribution in [0.15, 0.2) is 72.8 Å². The highest BCUT2D eigenvalue weighted by molar-refractivity contribution is 6.15. The molecule has 0 atom stereocenters. The second-order valence-electron chi connectivity index (χ2n) is 7.21. The summed E-state index contributed by atoms with van der Waals surface area (Å²) >= 11 is 0. The van der Waals surface area contributed by atoms with Crippen molar-refractivity contribution in [2.75, 3.05) is 13.3 Å². The molecule has 0 N–H and O–H groups in total. The molecular weight excluding hydrogens is 364 g/mol. The van der Waals surface area contributed by atoms with Gasteiger partial charge in [0.2, 0.25) is 5.78 Å². The summed E-state index contributed by atoms with van der Waals surface area (Å²) in [6, 6.07) is 17.8. The molecule has 3 aromatic rings. The number of benzene rings is 2. The van der Waals surface area contributed by atoms with Gasteiger partial charge in [0.15, 0.2) is 5.76 Å². The maximum absolute atomic E-state index is 12.8. The number of ether oxygens (including phenoxy) is 2. The van der Waals surface area contributed by atoms with Crippen molar-refractivity contribution in [3.63, 3.8) is 0 Å². The van der Waals surface area contributed by atoms with Crippen molar-refractivity contribution in [2.24, 2.45) is 0 Å². The molecule has 0 saturated heterocycles. The molecule has 2 aliphatic heterocycles. The van der Waals surface area contributed by atoms with Gasteiger partial charge in [-0.2, -0.15) is 0 Å². The summed E-state index contributed by atoms with van der Waals surface area (Å²) < 4.78 is 12.0. The maximum Gasteiger partial charge on any atom is 0.231 e. The number of allylic oxidation sites excluding steroid dienone is 1. The Morgan fingerprint density at radius 2 is 1.97 bits per heavy atom. The second kappa shape index (κ2) is 7.53. The van der Waals surface area contributed by atoms with E-state index in [2.05, 4.69) is 34.1 Å². The number of hydrogen-bond acceptors (Lipinski definition) is 5. The first kappa shape index (κ1) is 17.6. The minimum absolute atomic E-state index is 0.104. The van der Waals surface area contributed by atoms with Crippen molar-refractivity contribution in [1.82, 2.24) is 9.88 Å². The Kier molecular flexibility index (Phi) is 4.58. The van der Waals surface area contributed by atoms with E-state index in [9.17, 15) is 4.79 Å². The fourth-order valence-electron chi connectivity index (χ4n) is 3.69. The number of carbonyl (C=O) groups excluding carboxylic acids is 1. The maximum atomic E-state index is 12.8. The molecule has 2 aliphatic rings. The summed E-state index contributed by atoms with van der Waals surface area (Å²) in [5, 5.41) is 0. The number of pyridine rings is 1. The highest BCUT2D eigenvalue weighted by atomic mass is 16.5. The monoisotopic (exact) mass is 384 g/mol. The molecule has 5 rings (SSSR count). The van der Waals surface area contributed by atoms with Gasteiger partial charge in [-0.05, 0) is 41.8 Å². The predicted molar refractivity (Wildman–Crippen MR) is 110 cm³/mol. The standard InChI is InChI=1S/C24H20N2O3/c27-23-19-8-9-21-20(24(19)29-22(23)13-18-7-4-11-25-14-18)15-26(16-28-21)12-10-17-5-2-1-3-6-17/h1-9,11,13-14H,10,12,15-16H2/b22-13-. The summed E-state index contributed by atoms with van der Waals surface area (Å²) in [7, 11) is 0. The second-order valence-corrected chi connectivity index (χ2v) is 7.21. The Morgan fingerprint density at radius 3 is 2.79 bits per heavy atom. The Balaban J connectivity index is 1.37. The van der Waals surface area contributed by atoms with Gasteiger partial charge >= 0.3 is 0 Å². The lowest BCUT2D eigenvalue weighted by atomic mass is 10.0. The minimum Gasteiger partial charge on any atom is -0.478 e. The van der Waals surface area contributed by atoms with Crippen molar-refractivity contribution in [3.8, 4) is 11.5 Å². The molecule has 0 unspecified atom stereocenters. The van der Waals surface area contributed by atoms with Crippen LogP contribution in [0.1, 0.15) is 27.0 Å². The van der Waals surface area contributed by atoms with Crippen molar-refractivity contribution in [3.05, 3.63) is 95.0 Å². The first-order valence-electron chi connectivity index (χ1n) is 9.67. The van der Waals surface area contributed by atoms with E-state index in [4.69, 9.17) is 9.47 Å². The van der Waals surface area contributed by atoms with E-state index in [1.54, 1.807) is 24.5 Å². The highest BCUT2D eigenvalue weighted by Crippen LogP contribution is 2.42. The number of carbonyl (C=O) groups is 1. The number of Topliss-reactive ketones (excluding diaryl/α,β-unsaturated/α-hetero) is 1. The van der Waals surface area contributed by atoms with Crippen LogP contribution < -0.4 is 9.47 Å². The van der Waals surface area contributed by atoms with E-state index in [1.807, 2.05) is 24.3 Å². The van der Waals surface area contributed by atoms with Gasteiger partial charge in [-0.1, -0.05) is 36.4 Å². The molecule has 0 fully saturated rings. The number of fused-ring (bicyclic) bond motifs is 3. The van der Waals surface area contributed by atoms with Gasteiger partial charge in [0.05, 0.1) is 11.1 Å². The number of aromatic nitrogens is 1. The Labute approximate surface area is 169 Å². The molecule has 5 heteroatoms. The van der Waals surface area contributed by atoms with Crippen molar-refractivity contribution >= 4 is 11.9 Å². The molecule has 144 valence electrons. The number of rotatable bonds is 4. The Hall–Kier alpha value is -3.44. The van der Waals surface area contributed by atoms with E-state index < -0.39 is 0 Å². The fourth-order valence-corrected chi connectivity index (χ4v) is 3.69. The van der Waals surface area contributed by atoms with E-state index in [0.29, 0.717) is 30.3 Å². The normalized spacial score (nSPS) is 16.8. The number of ketones is 1. The van der Waals surface area contributed by atoms with Crippen LogP contribution >= 0.6 is 0 Å². The van der Waals surface area contributed by atoms with Gasteiger partial charge in [0.25, 0.3) is 0 Å². The Morgan fingerprint density at radius 1 is 1.07 bits per heavy atom. The molecule has 0 spiro atoms. The molecule has 0 amide bonds. The zero-order valence-electron chi connectivity index (χ0n) is 15.9. The molecule has 0 bridgehead atoms. The SMILES string of the molecule is O=C1/C(=C/c2cccnc2)Oc2c1ccc1c2CN(CCc2ccccc2)CO1. The summed E-state index contributed by atoms with van der Waals surface area (Å²) in [6.45, 7) is 2.10. The zero-order chi connectivity index (χ0) is 19.6. The number of nitrogens with zero attached hydrogens (tertiary/aromatic N) is 2. The minimum atomic E-state index is -0.104. The number of hydrogen-bond donors (Lipinski definition) is 0. The van der Waals surface area contributed by atoms with E-state index in [0.717, 1.165) is 29.8 Å². The Bertz CT molecular complexity index is 1080. The van der Waals surface area contributed by atoms with Crippen molar-refractivity contribution < 1.29 is 14.3 Å². The molecule has 0 aliphatic carbocycles. The lowest BCUT2D eigenvalue weighted by Crippen LogP contribution is -2.33. The van der Waals surface area contributed by atoms with Crippen LogP contribution in [0.3, 0.4) is 0 Å². The molecular formula is C24H20N2O3. The topological polar surface area (TPSA) is 51.7 Å². The molecule has 2 aromatic carbocycles. The van der Waals surface area contributed by atoms with Gasteiger partial charge in [-0.15, -0.1) is 0 Å². The van der Waals surface area contributed by atoms with E-state index in [1.165, 1.54) is 5.56 Å². The highest BCUT2D eigenvalue weighted by Gasteiger charge is 2.33. The van der Waals surface area contributed by atoms with Crippen LogP contribution in [0.4, 0.5) is 0 Å². The van der Waals surface area contributed by atoms with Crippen LogP contribution in [0.2, 0.25) is 0 Å². The zero-order valence-corrected chi connectivity index (χ0v) is 15.9. The average Bonchev–Trinajstić information content (AvgIpc) is 3.09. The first-order chi connectivity index (χ1) is 14.3. The quantitative estimate of drug-likeness (QED) is 0.634. The largest absolute Gasteiger partial charge is 0.478 e. The average molecular weight is 384 g/mol. The lowest BCUT2D eigenvalue weighted by molar-refractivity contribution is 0.0950. The molecule has 5 nitrogen and oxygen atoms in total. The lowest BCUT2D eigenvalue weighted by Gasteiger charge is -2.29. The molecule has 1 aromatic heterocycles. The summed E-state index contributed by atoms with van der Waals surface area (Å²) in [5.74, 6) is 1.62. The molecule has 3 heterocycles. The summed E-state index contributed by atoms with van der Waals surface area (Å²) in [4.78, 5) is 19.1. The third-order valence-corrected chi connectivity index (χ3v) is 5.22. The van der Waals surface area contributed by atoms with Crippen LogP contribution in [0.25, 0.3) is 6.08 Å². The van der Waals surface area contributed by atoms with Crippen LogP contribution in [-0.2, 0) is 13.0 Å². The fraction of sp³-hybridized carbons (Fsp3) is 0.167. The first-order valence-corrected chi connectivity index (χ1v) is 9.67. The van der Waals surface area contributed by atoms with Gasteiger partial charge in [-0.25, -0.2) is 0 Å². The third kappa shape index (κ3) is 3.52. The molecule has 29 heavy (non-hydrogen) atoms. The van der Waals surface area contributed by atoms with Gasteiger partial charge < -0.3 is 9.47 Å². The smallest absolute Gasteiger partial charge is 0.231 e. The van der Waals surface area contributed by atoms with Crippen LogP contribution in [0.5, 0.6) is 11.5 Å². The van der Waals surface area contributed by atoms with Crippen molar-refractivity contribution in [2.45, 2.75) is 13.0 Å². The van der Waals surface area contributed by atoms with Gasteiger partial charge in [0, 0.05) is 25.5 Å². The molecule has 0 saturated carbocycles. The van der Waals surface area contributed by atoms with Crippen LogP contribution in [0, 0.1) is 0 Å². The predicted octanol–water partition coefficient (Wildman–Crippen LogP) is 4.09. The van der Waals surface area contributed by atoms with Crippen molar-refractivity contribution in [1.29, 1.82) is 0 Å². The van der Waals surface area contributed by atoms with Gasteiger partial charge in [0.1, 0.15) is 18.2 Å². The van der Waals surface area contributed by atoms with Gasteiger partial charge in [-0.3, -0.25) is 14.7 Å². The van der Waals surface area contributed by atoms with E-state index >= 15 is 0 Å². The summed E-state index contributed by atoms with van der Waals surface area (Å²) in [5.41, 5.74) is 3.65.